The van der Waals surface area contributed by atoms with Crippen molar-refractivity contribution in [3.63, 3.8) is 0 Å². The Bertz CT molecular complexity index is 567. The first-order valence-corrected chi connectivity index (χ1v) is 6.95. The molecule has 2 aromatic rings. The highest BCUT2D eigenvalue weighted by molar-refractivity contribution is 5.93. The lowest BCUT2D eigenvalue weighted by atomic mass is 10.1. The standard InChI is InChI=1S/C17H20N2O2/c1-18-17(21)15-9-7-13(8-10-15)11-19-16(12-20)14-5-3-2-4-6-14/h2-10,16,19-20H,11-12H2,1H3,(H,18,21)/t16-/m1/s1. The quantitative estimate of drug-likeness (QED) is 0.759. The Kier molecular flexibility index (Phi) is 5.49. The van der Waals surface area contributed by atoms with Crippen LogP contribution in [0.2, 0.25) is 0 Å². The van der Waals surface area contributed by atoms with Crippen LogP contribution in [0.25, 0.3) is 0 Å². The van der Waals surface area contributed by atoms with E-state index in [1.807, 2.05) is 42.5 Å². The minimum atomic E-state index is -0.0928. The summed E-state index contributed by atoms with van der Waals surface area (Å²) in [5.74, 6) is -0.0907. The van der Waals surface area contributed by atoms with Gasteiger partial charge in [0.25, 0.3) is 5.91 Å². The van der Waals surface area contributed by atoms with E-state index in [0.29, 0.717) is 12.1 Å². The topological polar surface area (TPSA) is 61.4 Å². The van der Waals surface area contributed by atoms with Gasteiger partial charge in [-0.25, -0.2) is 0 Å². The van der Waals surface area contributed by atoms with E-state index in [9.17, 15) is 9.90 Å². The number of aliphatic hydroxyl groups excluding tert-OH is 1. The number of aliphatic hydroxyl groups is 1. The van der Waals surface area contributed by atoms with Crippen molar-refractivity contribution < 1.29 is 9.90 Å². The number of hydrogen-bond donors (Lipinski definition) is 3. The summed E-state index contributed by atoms with van der Waals surface area (Å²) >= 11 is 0. The highest BCUT2D eigenvalue weighted by Gasteiger charge is 2.09. The minimum Gasteiger partial charge on any atom is -0.394 e. The zero-order valence-electron chi connectivity index (χ0n) is 12.0. The fourth-order valence-electron chi connectivity index (χ4n) is 2.13. The lowest BCUT2D eigenvalue weighted by Crippen LogP contribution is -2.24. The second-order valence-electron chi connectivity index (χ2n) is 4.80. The molecule has 0 spiro atoms. The second-order valence-corrected chi connectivity index (χ2v) is 4.80. The first-order chi connectivity index (χ1) is 10.2. The molecule has 0 aliphatic rings. The van der Waals surface area contributed by atoms with Gasteiger partial charge in [-0.1, -0.05) is 42.5 Å². The zero-order chi connectivity index (χ0) is 15.1. The van der Waals surface area contributed by atoms with Crippen molar-refractivity contribution in [3.05, 3.63) is 71.3 Å². The second kappa shape index (κ2) is 7.57. The van der Waals surface area contributed by atoms with E-state index in [0.717, 1.165) is 11.1 Å². The molecule has 0 fully saturated rings. The average molecular weight is 284 g/mol. The highest BCUT2D eigenvalue weighted by atomic mass is 16.3. The Hall–Kier alpha value is -2.17. The Balaban J connectivity index is 1.97. The number of rotatable bonds is 6. The van der Waals surface area contributed by atoms with Crippen molar-refractivity contribution in [1.29, 1.82) is 0 Å². The van der Waals surface area contributed by atoms with Crippen LogP contribution in [0.5, 0.6) is 0 Å². The molecule has 4 nitrogen and oxygen atoms in total. The van der Waals surface area contributed by atoms with Gasteiger partial charge in [0.15, 0.2) is 0 Å². The third-order valence-electron chi connectivity index (χ3n) is 3.38. The Morgan fingerprint density at radius 1 is 1.10 bits per heavy atom. The maximum absolute atomic E-state index is 11.5. The molecule has 1 atom stereocenters. The van der Waals surface area contributed by atoms with Crippen molar-refractivity contribution in [3.8, 4) is 0 Å². The maximum atomic E-state index is 11.5. The van der Waals surface area contributed by atoms with Crippen LogP contribution in [-0.4, -0.2) is 24.7 Å². The van der Waals surface area contributed by atoms with E-state index >= 15 is 0 Å². The lowest BCUT2D eigenvalue weighted by Gasteiger charge is -2.16. The first-order valence-electron chi connectivity index (χ1n) is 6.95. The lowest BCUT2D eigenvalue weighted by molar-refractivity contribution is 0.0963. The molecule has 2 aromatic carbocycles. The van der Waals surface area contributed by atoms with E-state index in [1.165, 1.54) is 0 Å². The van der Waals surface area contributed by atoms with Gasteiger partial charge in [-0.05, 0) is 23.3 Å². The molecule has 21 heavy (non-hydrogen) atoms. The summed E-state index contributed by atoms with van der Waals surface area (Å²) in [5, 5.41) is 15.4. The monoisotopic (exact) mass is 284 g/mol. The van der Waals surface area contributed by atoms with Crippen LogP contribution in [-0.2, 0) is 6.54 Å². The van der Waals surface area contributed by atoms with E-state index in [4.69, 9.17) is 0 Å². The predicted molar refractivity (Wildman–Crippen MR) is 82.9 cm³/mol. The summed E-state index contributed by atoms with van der Waals surface area (Å²) in [6, 6.07) is 17.2. The number of benzene rings is 2. The maximum Gasteiger partial charge on any atom is 0.251 e. The van der Waals surface area contributed by atoms with Gasteiger partial charge in [-0.15, -0.1) is 0 Å². The summed E-state index contributed by atoms with van der Waals surface area (Å²) in [6.45, 7) is 0.675. The molecule has 3 N–H and O–H groups in total. The normalized spacial score (nSPS) is 11.9. The molecule has 0 unspecified atom stereocenters. The van der Waals surface area contributed by atoms with Gasteiger partial charge in [-0.2, -0.15) is 0 Å². The van der Waals surface area contributed by atoms with Crippen LogP contribution in [0.1, 0.15) is 27.5 Å². The van der Waals surface area contributed by atoms with Crippen molar-refractivity contribution in [1.82, 2.24) is 10.6 Å². The van der Waals surface area contributed by atoms with Crippen LogP contribution in [0.15, 0.2) is 54.6 Å². The van der Waals surface area contributed by atoms with Crippen molar-refractivity contribution in [2.75, 3.05) is 13.7 Å². The predicted octanol–water partition coefficient (Wildman–Crippen LogP) is 1.87. The van der Waals surface area contributed by atoms with Gasteiger partial charge in [-0.3, -0.25) is 4.79 Å². The third-order valence-corrected chi connectivity index (χ3v) is 3.38. The molecule has 4 heteroatoms. The van der Waals surface area contributed by atoms with Gasteiger partial charge in [0.1, 0.15) is 0 Å². The van der Waals surface area contributed by atoms with Crippen molar-refractivity contribution in [2.24, 2.45) is 0 Å². The van der Waals surface area contributed by atoms with Crippen LogP contribution >= 0.6 is 0 Å². The smallest absolute Gasteiger partial charge is 0.251 e. The Labute approximate surface area is 124 Å². The molecule has 0 heterocycles. The number of hydrogen-bond acceptors (Lipinski definition) is 3. The fourth-order valence-corrected chi connectivity index (χ4v) is 2.13. The zero-order valence-corrected chi connectivity index (χ0v) is 12.0. The molecule has 0 aliphatic heterocycles. The molecular weight excluding hydrogens is 264 g/mol. The minimum absolute atomic E-state index is 0.0420. The van der Waals surface area contributed by atoms with Gasteiger partial charge in [0.05, 0.1) is 12.6 Å². The number of amides is 1. The highest BCUT2D eigenvalue weighted by Crippen LogP contribution is 2.13. The summed E-state index contributed by atoms with van der Waals surface area (Å²) in [6.07, 6.45) is 0. The SMILES string of the molecule is CNC(=O)c1ccc(CN[C@H](CO)c2ccccc2)cc1. The molecule has 0 bridgehead atoms. The van der Waals surface area contributed by atoms with Crippen LogP contribution in [0.4, 0.5) is 0 Å². The number of carbonyl (C=O) groups is 1. The molecule has 0 saturated carbocycles. The molecule has 2 rings (SSSR count). The van der Waals surface area contributed by atoms with Gasteiger partial charge in [0.2, 0.25) is 0 Å². The fraction of sp³-hybridized carbons (Fsp3) is 0.235. The summed E-state index contributed by atoms with van der Waals surface area (Å²) in [5.41, 5.74) is 2.77. The number of carbonyl (C=O) groups excluding carboxylic acids is 1. The molecule has 110 valence electrons. The van der Waals surface area contributed by atoms with Gasteiger partial charge < -0.3 is 15.7 Å². The van der Waals surface area contributed by atoms with Crippen LogP contribution in [0.3, 0.4) is 0 Å². The van der Waals surface area contributed by atoms with E-state index < -0.39 is 0 Å². The van der Waals surface area contributed by atoms with Crippen LogP contribution < -0.4 is 10.6 Å². The Morgan fingerprint density at radius 2 is 1.76 bits per heavy atom. The summed E-state index contributed by atoms with van der Waals surface area (Å²) in [4.78, 5) is 11.5. The molecule has 0 aliphatic carbocycles. The molecule has 1 amide bonds. The van der Waals surface area contributed by atoms with Crippen molar-refractivity contribution in [2.45, 2.75) is 12.6 Å². The first kappa shape index (κ1) is 15.2. The third kappa shape index (κ3) is 4.15. The largest absolute Gasteiger partial charge is 0.394 e. The van der Waals surface area contributed by atoms with E-state index in [-0.39, 0.29) is 18.6 Å². The Morgan fingerprint density at radius 3 is 2.33 bits per heavy atom. The number of nitrogens with one attached hydrogen (secondary N) is 2. The molecule has 0 aromatic heterocycles. The van der Waals surface area contributed by atoms with Crippen molar-refractivity contribution >= 4 is 5.91 Å². The molecule has 0 saturated heterocycles. The average Bonchev–Trinajstić information content (AvgIpc) is 2.56. The summed E-state index contributed by atoms with van der Waals surface area (Å²) in [7, 11) is 1.61. The molecule has 0 radical (unpaired) electrons. The summed E-state index contributed by atoms with van der Waals surface area (Å²) < 4.78 is 0. The van der Waals surface area contributed by atoms with Gasteiger partial charge in [0, 0.05) is 19.2 Å². The van der Waals surface area contributed by atoms with Gasteiger partial charge >= 0.3 is 0 Å². The van der Waals surface area contributed by atoms with Crippen LogP contribution in [0, 0.1) is 0 Å². The van der Waals surface area contributed by atoms with E-state index in [2.05, 4.69) is 10.6 Å². The van der Waals surface area contributed by atoms with E-state index in [1.54, 1.807) is 19.2 Å². The molecular formula is C17H20N2O2.